The molecule has 4 saturated heterocycles. The largest absolute Gasteiger partial charge is 0.360 e. The van der Waals surface area contributed by atoms with Gasteiger partial charge in [0.1, 0.15) is 5.00 Å². The van der Waals surface area contributed by atoms with Crippen molar-refractivity contribution in [2.24, 2.45) is 5.92 Å². The molecule has 2 bridgehead atoms. The fourth-order valence-electron chi connectivity index (χ4n) is 4.12. The number of rotatable bonds is 1. The molecular formula is C13H19N3S. The third kappa shape index (κ3) is 1.54. The van der Waals surface area contributed by atoms with Crippen molar-refractivity contribution >= 4 is 16.5 Å². The summed E-state index contributed by atoms with van der Waals surface area (Å²) in [4.78, 5) is 5.34. The molecule has 0 N–H and O–H groups in total. The van der Waals surface area contributed by atoms with E-state index in [1.165, 1.54) is 56.9 Å². The zero-order valence-corrected chi connectivity index (χ0v) is 11.0. The molecular weight excluding hydrogens is 230 g/mol. The maximum atomic E-state index is 4.23. The lowest BCUT2D eigenvalue weighted by molar-refractivity contribution is -0.0157. The highest BCUT2D eigenvalue weighted by Crippen LogP contribution is 2.45. The molecule has 0 radical (unpaired) electrons. The van der Waals surface area contributed by atoms with Crippen LogP contribution in [-0.2, 0) is 0 Å². The molecule has 4 heteroatoms. The lowest BCUT2D eigenvalue weighted by atomic mass is 9.74. The van der Waals surface area contributed by atoms with E-state index < -0.39 is 0 Å². The zero-order valence-electron chi connectivity index (χ0n) is 10.1. The summed E-state index contributed by atoms with van der Waals surface area (Å²) in [5, 5.41) is 1.37. The molecule has 1 atom stereocenters. The highest BCUT2D eigenvalue weighted by atomic mass is 32.1. The SMILES string of the molecule is c1cc(N2CCC3(CC4CCN3CC4)C2)sn1. The second-order valence-corrected chi connectivity index (χ2v) is 6.69. The van der Waals surface area contributed by atoms with Crippen LogP contribution in [0.1, 0.15) is 25.7 Å². The highest BCUT2D eigenvalue weighted by molar-refractivity contribution is 7.10. The molecule has 5 rings (SSSR count). The van der Waals surface area contributed by atoms with Crippen molar-refractivity contribution in [3.8, 4) is 0 Å². The molecule has 5 heterocycles. The Balaban J connectivity index is 1.57. The molecule has 1 unspecified atom stereocenters. The van der Waals surface area contributed by atoms with Crippen LogP contribution < -0.4 is 4.90 Å². The van der Waals surface area contributed by atoms with Crippen LogP contribution in [0.4, 0.5) is 5.00 Å². The van der Waals surface area contributed by atoms with Crippen LogP contribution in [0.15, 0.2) is 12.3 Å². The van der Waals surface area contributed by atoms with E-state index in [0.29, 0.717) is 5.54 Å². The molecule has 92 valence electrons. The molecule has 17 heavy (non-hydrogen) atoms. The van der Waals surface area contributed by atoms with Gasteiger partial charge in [-0.1, -0.05) is 0 Å². The van der Waals surface area contributed by atoms with Crippen molar-refractivity contribution in [2.75, 3.05) is 31.1 Å². The molecule has 3 nitrogen and oxygen atoms in total. The fraction of sp³-hybridized carbons (Fsp3) is 0.769. The maximum absolute atomic E-state index is 4.23. The number of fused-ring (bicyclic) bond motifs is 2. The van der Waals surface area contributed by atoms with Crippen molar-refractivity contribution in [3.05, 3.63) is 12.3 Å². The van der Waals surface area contributed by atoms with Crippen molar-refractivity contribution in [3.63, 3.8) is 0 Å². The molecule has 4 fully saturated rings. The Labute approximate surface area is 107 Å². The van der Waals surface area contributed by atoms with Crippen molar-refractivity contribution in [1.29, 1.82) is 0 Å². The number of hydrogen-bond acceptors (Lipinski definition) is 4. The molecule has 1 spiro atoms. The van der Waals surface area contributed by atoms with Crippen LogP contribution in [-0.4, -0.2) is 41.0 Å². The Morgan fingerprint density at radius 2 is 2.18 bits per heavy atom. The fourth-order valence-corrected chi connectivity index (χ4v) is 4.74. The Morgan fingerprint density at radius 1 is 1.29 bits per heavy atom. The van der Waals surface area contributed by atoms with E-state index in [2.05, 4.69) is 20.2 Å². The summed E-state index contributed by atoms with van der Waals surface area (Å²) in [6.45, 7) is 5.17. The predicted octanol–water partition coefficient (Wildman–Crippen LogP) is 2.21. The Kier molecular flexibility index (Phi) is 2.24. The zero-order chi connectivity index (χ0) is 11.3. The van der Waals surface area contributed by atoms with Crippen LogP contribution in [0.5, 0.6) is 0 Å². The third-order valence-electron chi connectivity index (χ3n) is 5.02. The first-order valence-corrected chi connectivity index (χ1v) is 7.54. The van der Waals surface area contributed by atoms with E-state index in [4.69, 9.17) is 0 Å². The van der Waals surface area contributed by atoms with Gasteiger partial charge < -0.3 is 4.90 Å². The molecule has 4 aliphatic heterocycles. The summed E-state index contributed by atoms with van der Waals surface area (Å²) in [6, 6.07) is 2.17. The van der Waals surface area contributed by atoms with E-state index in [9.17, 15) is 0 Å². The average molecular weight is 249 g/mol. The van der Waals surface area contributed by atoms with E-state index in [1.54, 1.807) is 11.5 Å². The maximum Gasteiger partial charge on any atom is 0.112 e. The van der Waals surface area contributed by atoms with Gasteiger partial charge in [-0.2, -0.15) is 4.37 Å². The standard InChI is InChI=1S/C13H19N3S/c1-5-14-17-12(1)15-8-4-13(10-15)9-11-2-6-16(13)7-3-11/h1,5,11H,2-4,6-10H2. The number of anilines is 1. The van der Waals surface area contributed by atoms with Crippen LogP contribution in [0.2, 0.25) is 0 Å². The summed E-state index contributed by atoms with van der Waals surface area (Å²) in [6.07, 6.45) is 7.63. The Hall–Kier alpha value is -0.610. The van der Waals surface area contributed by atoms with Gasteiger partial charge in [0.05, 0.1) is 0 Å². The van der Waals surface area contributed by atoms with Gasteiger partial charge >= 0.3 is 0 Å². The normalized spacial score (nSPS) is 40.4. The molecule has 1 aromatic rings. The van der Waals surface area contributed by atoms with Gasteiger partial charge in [0.15, 0.2) is 0 Å². The first kappa shape index (κ1) is 10.3. The summed E-state index contributed by atoms with van der Waals surface area (Å²) >= 11 is 1.64. The number of aromatic nitrogens is 1. The van der Waals surface area contributed by atoms with Gasteiger partial charge in [0.25, 0.3) is 0 Å². The number of hydrogen-bond donors (Lipinski definition) is 0. The second kappa shape index (κ2) is 3.69. The van der Waals surface area contributed by atoms with Gasteiger partial charge in [-0.25, -0.2) is 0 Å². The summed E-state index contributed by atoms with van der Waals surface area (Å²) in [7, 11) is 0. The molecule has 0 amide bonds. The van der Waals surface area contributed by atoms with Gasteiger partial charge in [0, 0.05) is 24.8 Å². The topological polar surface area (TPSA) is 19.4 Å². The second-order valence-electron chi connectivity index (χ2n) is 5.88. The van der Waals surface area contributed by atoms with Crippen LogP contribution in [0.3, 0.4) is 0 Å². The highest BCUT2D eigenvalue weighted by Gasteiger charge is 2.49. The van der Waals surface area contributed by atoms with E-state index in [-0.39, 0.29) is 0 Å². The Bertz CT molecular complexity index is 397. The van der Waals surface area contributed by atoms with Gasteiger partial charge in [-0.15, -0.1) is 0 Å². The minimum absolute atomic E-state index is 0.519. The Morgan fingerprint density at radius 3 is 2.82 bits per heavy atom. The molecule has 1 aromatic heterocycles. The number of piperidine rings is 3. The first-order valence-electron chi connectivity index (χ1n) is 6.76. The lowest BCUT2D eigenvalue weighted by Gasteiger charge is -2.52. The molecule has 0 saturated carbocycles. The summed E-state index contributed by atoms with van der Waals surface area (Å²) in [5.41, 5.74) is 0.519. The molecule has 0 aliphatic carbocycles. The van der Waals surface area contributed by atoms with Gasteiger partial charge in [0.2, 0.25) is 0 Å². The van der Waals surface area contributed by atoms with Crippen molar-refractivity contribution in [2.45, 2.75) is 31.2 Å². The van der Waals surface area contributed by atoms with Gasteiger partial charge in [-0.3, -0.25) is 4.90 Å². The van der Waals surface area contributed by atoms with E-state index >= 15 is 0 Å². The first-order chi connectivity index (χ1) is 8.36. The summed E-state index contributed by atoms with van der Waals surface area (Å²) in [5.74, 6) is 1.02. The predicted molar refractivity (Wildman–Crippen MR) is 70.6 cm³/mol. The van der Waals surface area contributed by atoms with Crippen LogP contribution >= 0.6 is 11.5 Å². The third-order valence-corrected chi connectivity index (χ3v) is 5.83. The number of nitrogens with zero attached hydrogens (tertiary/aromatic N) is 3. The quantitative estimate of drug-likeness (QED) is 0.760. The monoisotopic (exact) mass is 249 g/mol. The van der Waals surface area contributed by atoms with E-state index in [0.717, 1.165) is 5.92 Å². The average Bonchev–Trinajstić information content (AvgIpc) is 3.00. The van der Waals surface area contributed by atoms with Crippen LogP contribution in [0.25, 0.3) is 0 Å². The molecule has 0 aromatic carbocycles. The minimum atomic E-state index is 0.519. The minimum Gasteiger partial charge on any atom is -0.360 e. The lowest BCUT2D eigenvalue weighted by Crippen LogP contribution is -2.59. The van der Waals surface area contributed by atoms with Crippen LogP contribution in [0, 0.1) is 5.92 Å². The van der Waals surface area contributed by atoms with Crippen molar-refractivity contribution < 1.29 is 0 Å². The summed E-state index contributed by atoms with van der Waals surface area (Å²) < 4.78 is 4.23. The molecule has 4 aliphatic rings. The smallest absolute Gasteiger partial charge is 0.112 e. The van der Waals surface area contributed by atoms with E-state index in [1.807, 2.05) is 6.20 Å². The van der Waals surface area contributed by atoms with Crippen molar-refractivity contribution in [1.82, 2.24) is 9.27 Å². The van der Waals surface area contributed by atoms with Gasteiger partial charge in [-0.05, 0) is 62.3 Å².